The first-order chi connectivity index (χ1) is 25.8. The topological polar surface area (TPSA) is 17.4 Å². The van der Waals surface area contributed by atoms with Gasteiger partial charge in [0.15, 0.2) is 11.5 Å². The van der Waals surface area contributed by atoms with Crippen LogP contribution in [0, 0.1) is 0 Å². The molecule has 1 spiro atoms. The molecular weight excluding hydrogens is 633 g/mol. The summed E-state index contributed by atoms with van der Waals surface area (Å²) in [5, 5.41) is 2.55. The van der Waals surface area contributed by atoms with E-state index in [0.29, 0.717) is 0 Å². The molecule has 242 valence electrons. The Labute approximate surface area is 301 Å². The molecule has 8 aromatic carbocycles. The van der Waals surface area contributed by atoms with Crippen molar-refractivity contribution >= 4 is 38.9 Å². The van der Waals surface area contributed by atoms with Gasteiger partial charge in [0, 0.05) is 22.0 Å². The first-order valence-corrected chi connectivity index (χ1v) is 17.9. The molecule has 1 unspecified atom stereocenters. The summed E-state index contributed by atoms with van der Waals surface area (Å²) < 4.78 is 9.58. The predicted octanol–water partition coefficient (Wildman–Crippen LogP) is 12.7. The zero-order valence-corrected chi connectivity index (χ0v) is 28.1. The third-order valence-corrected chi connectivity index (χ3v) is 11.6. The number of ether oxygens (including phenoxy) is 1. The highest BCUT2D eigenvalue weighted by Gasteiger charge is 2.52. The molecule has 3 heterocycles. The highest BCUT2D eigenvalue weighted by molar-refractivity contribution is 6.13. The van der Waals surface area contributed by atoms with Crippen LogP contribution in [0.25, 0.3) is 49.7 Å². The molecule has 1 aliphatic carbocycles. The number of hydrogen-bond acceptors (Lipinski definition) is 2. The molecule has 12 rings (SSSR count). The summed E-state index contributed by atoms with van der Waals surface area (Å²) in [5.41, 5.74) is 16.2. The SMILES string of the molecule is c1ccc(-c2ccc(N3c4ccccc4Oc4c3ccc3c4-c4ccccc4C34c3ccccc3-n3c5ccccc5c5cccc4c53)cc2)cc1. The van der Waals surface area contributed by atoms with E-state index in [2.05, 4.69) is 191 Å². The molecule has 3 heteroatoms. The molecule has 3 aliphatic rings. The third kappa shape index (κ3) is 3.40. The zero-order valence-electron chi connectivity index (χ0n) is 28.1. The number of benzene rings is 8. The van der Waals surface area contributed by atoms with Crippen molar-refractivity contribution in [3.8, 4) is 39.4 Å². The molecule has 0 bridgehead atoms. The van der Waals surface area contributed by atoms with Gasteiger partial charge in [0.25, 0.3) is 0 Å². The summed E-state index contributed by atoms with van der Waals surface area (Å²) >= 11 is 0. The Kier molecular flexibility index (Phi) is 5.43. The third-order valence-electron chi connectivity index (χ3n) is 11.6. The molecule has 1 atom stereocenters. The Bertz CT molecular complexity index is 2940. The maximum absolute atomic E-state index is 7.09. The Morgan fingerprint density at radius 2 is 1.10 bits per heavy atom. The van der Waals surface area contributed by atoms with Crippen LogP contribution in [-0.2, 0) is 5.41 Å². The highest BCUT2D eigenvalue weighted by Crippen LogP contribution is 2.65. The van der Waals surface area contributed by atoms with Gasteiger partial charge >= 0.3 is 0 Å². The van der Waals surface area contributed by atoms with Crippen LogP contribution < -0.4 is 9.64 Å². The summed E-state index contributed by atoms with van der Waals surface area (Å²) in [5.74, 6) is 1.74. The van der Waals surface area contributed by atoms with Gasteiger partial charge in [-0.05, 0) is 81.4 Å². The number of aromatic nitrogens is 1. The Balaban J connectivity index is 1.16. The van der Waals surface area contributed by atoms with Crippen molar-refractivity contribution < 1.29 is 4.74 Å². The fourth-order valence-corrected chi connectivity index (χ4v) is 9.57. The molecule has 0 saturated heterocycles. The number of fused-ring (bicyclic) bond motifs is 15. The lowest BCUT2D eigenvalue weighted by Crippen LogP contribution is -2.33. The monoisotopic (exact) mass is 662 g/mol. The molecule has 9 aromatic rings. The van der Waals surface area contributed by atoms with Gasteiger partial charge in [-0.25, -0.2) is 0 Å². The van der Waals surface area contributed by atoms with Crippen molar-refractivity contribution in [3.05, 3.63) is 204 Å². The summed E-state index contributed by atoms with van der Waals surface area (Å²) in [6, 6.07) is 66.3. The van der Waals surface area contributed by atoms with Gasteiger partial charge in [-0.3, -0.25) is 0 Å². The second kappa shape index (κ2) is 10.1. The lowest BCUT2D eigenvalue weighted by Gasteiger charge is -2.40. The van der Waals surface area contributed by atoms with Crippen molar-refractivity contribution in [2.24, 2.45) is 0 Å². The van der Waals surface area contributed by atoms with E-state index < -0.39 is 5.41 Å². The predicted molar refractivity (Wildman–Crippen MR) is 212 cm³/mol. The van der Waals surface area contributed by atoms with Crippen LogP contribution in [-0.4, -0.2) is 4.57 Å². The average Bonchev–Trinajstić information content (AvgIpc) is 3.71. The number of anilines is 3. The molecule has 2 aliphatic heterocycles. The second-order valence-corrected chi connectivity index (χ2v) is 14.0. The van der Waals surface area contributed by atoms with E-state index in [-0.39, 0.29) is 0 Å². The standard InChI is InChI=1S/C49H30N2O/c1-2-13-31(14-3-1)32-25-27-33(28-26-32)50-43-23-10-11-24-45(43)52-48-44(50)30-29-39-46(48)36-16-4-6-18-37(36)49(39)38-19-7-9-22-42(38)51-41-21-8-5-15-34(41)35-17-12-20-40(49)47(35)51/h1-30H. The van der Waals surface area contributed by atoms with Gasteiger partial charge in [0.1, 0.15) is 0 Å². The number of rotatable bonds is 2. The van der Waals surface area contributed by atoms with Crippen molar-refractivity contribution in [1.29, 1.82) is 0 Å². The average molecular weight is 663 g/mol. The van der Waals surface area contributed by atoms with Crippen LogP contribution in [0.5, 0.6) is 11.5 Å². The minimum absolute atomic E-state index is 0.538. The van der Waals surface area contributed by atoms with Gasteiger partial charge in [-0.1, -0.05) is 140 Å². The van der Waals surface area contributed by atoms with Crippen LogP contribution >= 0.6 is 0 Å². The Hall–Kier alpha value is -6.84. The molecule has 0 fully saturated rings. The first-order valence-electron chi connectivity index (χ1n) is 17.9. The lowest BCUT2D eigenvalue weighted by atomic mass is 9.65. The molecule has 3 nitrogen and oxygen atoms in total. The fourth-order valence-electron chi connectivity index (χ4n) is 9.57. The number of para-hydroxylation sites is 5. The summed E-state index contributed by atoms with van der Waals surface area (Å²) in [6.45, 7) is 0. The Morgan fingerprint density at radius 3 is 1.98 bits per heavy atom. The van der Waals surface area contributed by atoms with Crippen molar-refractivity contribution in [3.63, 3.8) is 0 Å². The van der Waals surface area contributed by atoms with E-state index >= 15 is 0 Å². The summed E-state index contributed by atoms with van der Waals surface area (Å²) in [7, 11) is 0. The maximum atomic E-state index is 7.09. The van der Waals surface area contributed by atoms with Gasteiger partial charge < -0.3 is 14.2 Å². The zero-order chi connectivity index (χ0) is 34.0. The molecule has 0 N–H and O–H groups in total. The Morgan fingerprint density at radius 1 is 0.423 bits per heavy atom. The van der Waals surface area contributed by atoms with E-state index in [9.17, 15) is 0 Å². The van der Waals surface area contributed by atoms with Crippen molar-refractivity contribution in [2.75, 3.05) is 4.90 Å². The van der Waals surface area contributed by atoms with E-state index in [1.807, 2.05) is 0 Å². The van der Waals surface area contributed by atoms with Gasteiger partial charge in [0.05, 0.1) is 33.5 Å². The van der Waals surface area contributed by atoms with Crippen LogP contribution in [0.15, 0.2) is 182 Å². The lowest BCUT2D eigenvalue weighted by molar-refractivity contribution is 0.478. The van der Waals surface area contributed by atoms with Crippen LogP contribution in [0.3, 0.4) is 0 Å². The van der Waals surface area contributed by atoms with E-state index in [1.54, 1.807) is 0 Å². The normalized spacial score (nSPS) is 15.9. The quantitative estimate of drug-likeness (QED) is 0.183. The molecule has 0 saturated carbocycles. The fraction of sp³-hybridized carbons (Fsp3) is 0.0204. The smallest absolute Gasteiger partial charge is 0.159 e. The van der Waals surface area contributed by atoms with Crippen LogP contribution in [0.4, 0.5) is 17.1 Å². The first kappa shape index (κ1) is 27.9. The van der Waals surface area contributed by atoms with Gasteiger partial charge in [0.2, 0.25) is 0 Å². The van der Waals surface area contributed by atoms with E-state index in [1.165, 1.54) is 66.4 Å². The molecule has 1 aromatic heterocycles. The van der Waals surface area contributed by atoms with Gasteiger partial charge in [-0.15, -0.1) is 0 Å². The maximum Gasteiger partial charge on any atom is 0.159 e. The van der Waals surface area contributed by atoms with Gasteiger partial charge in [-0.2, -0.15) is 0 Å². The number of hydrogen-bond donors (Lipinski definition) is 0. The van der Waals surface area contributed by atoms with Crippen molar-refractivity contribution in [1.82, 2.24) is 4.57 Å². The summed E-state index contributed by atoms with van der Waals surface area (Å²) in [6.07, 6.45) is 0. The second-order valence-electron chi connectivity index (χ2n) is 14.0. The molecule has 0 radical (unpaired) electrons. The molecular formula is C49H30N2O. The molecule has 0 amide bonds. The highest BCUT2D eigenvalue weighted by atomic mass is 16.5. The minimum atomic E-state index is -0.538. The van der Waals surface area contributed by atoms with Crippen molar-refractivity contribution in [2.45, 2.75) is 5.41 Å². The van der Waals surface area contributed by atoms with E-state index in [4.69, 9.17) is 4.74 Å². The molecule has 52 heavy (non-hydrogen) atoms. The van der Waals surface area contributed by atoms with Crippen LogP contribution in [0.1, 0.15) is 22.3 Å². The van der Waals surface area contributed by atoms with E-state index in [0.717, 1.165) is 34.1 Å². The summed E-state index contributed by atoms with van der Waals surface area (Å²) in [4.78, 5) is 2.37. The van der Waals surface area contributed by atoms with Crippen LogP contribution in [0.2, 0.25) is 0 Å². The number of nitrogens with zero attached hydrogens (tertiary/aromatic N) is 2. The minimum Gasteiger partial charge on any atom is -0.452 e. The largest absolute Gasteiger partial charge is 0.452 e.